The monoisotopic (exact) mass is 212 g/mol. The predicted molar refractivity (Wildman–Crippen MR) is 71.1 cm³/mol. The summed E-state index contributed by atoms with van der Waals surface area (Å²) in [6, 6.07) is 0. The molecule has 0 heterocycles. The zero-order valence-corrected chi connectivity index (χ0v) is 12.1. The van der Waals surface area contributed by atoms with E-state index < -0.39 is 0 Å². The molecule has 0 aliphatic carbocycles. The average molecular weight is 212 g/mol. The fraction of sp³-hybridized carbons (Fsp3) is 1.00. The van der Waals surface area contributed by atoms with Crippen molar-refractivity contribution in [2.45, 2.75) is 74.1 Å². The van der Waals surface area contributed by atoms with Crippen LogP contribution in [0.15, 0.2) is 0 Å². The van der Waals surface area contributed by atoms with Crippen LogP contribution >= 0.6 is 0 Å². The maximum Gasteiger partial charge on any atom is -0.0305 e. The van der Waals surface area contributed by atoms with Crippen molar-refractivity contribution in [2.24, 2.45) is 23.2 Å². The minimum absolute atomic E-state index is 0.558. The summed E-state index contributed by atoms with van der Waals surface area (Å²) in [6.45, 7) is 16.6. The van der Waals surface area contributed by atoms with Crippen molar-refractivity contribution in [1.82, 2.24) is 0 Å². The van der Waals surface area contributed by atoms with E-state index in [0.717, 1.165) is 17.8 Å². The largest absolute Gasteiger partial charge is 0.0651 e. The maximum atomic E-state index is 2.46. The summed E-state index contributed by atoms with van der Waals surface area (Å²) in [4.78, 5) is 0. The van der Waals surface area contributed by atoms with E-state index in [9.17, 15) is 0 Å². The number of hydrogen-bond donors (Lipinski definition) is 0. The second-order valence-electron chi connectivity index (χ2n) is 6.11. The van der Waals surface area contributed by atoms with Gasteiger partial charge in [-0.25, -0.2) is 0 Å². The van der Waals surface area contributed by atoms with Crippen molar-refractivity contribution in [3.05, 3.63) is 0 Å². The Hall–Kier alpha value is 0. The first kappa shape index (κ1) is 15.0. The molecule has 0 spiro atoms. The quantitative estimate of drug-likeness (QED) is 0.521. The van der Waals surface area contributed by atoms with Crippen LogP contribution in [0.2, 0.25) is 0 Å². The van der Waals surface area contributed by atoms with Crippen LogP contribution in [0.1, 0.15) is 74.1 Å². The minimum Gasteiger partial charge on any atom is -0.0651 e. The fourth-order valence-electron chi connectivity index (χ4n) is 2.40. The highest BCUT2D eigenvalue weighted by molar-refractivity contribution is 4.78. The van der Waals surface area contributed by atoms with Gasteiger partial charge in [-0.05, 0) is 36.0 Å². The molecular weight excluding hydrogens is 180 g/mol. The molecule has 0 fully saturated rings. The van der Waals surface area contributed by atoms with Crippen LogP contribution in [0.3, 0.4) is 0 Å². The van der Waals surface area contributed by atoms with Crippen LogP contribution in [-0.2, 0) is 0 Å². The summed E-state index contributed by atoms with van der Waals surface area (Å²) in [5, 5.41) is 0. The predicted octanol–water partition coefficient (Wildman–Crippen LogP) is 5.52. The molecule has 0 radical (unpaired) electrons. The lowest BCUT2D eigenvalue weighted by Crippen LogP contribution is -2.24. The summed E-state index contributed by atoms with van der Waals surface area (Å²) >= 11 is 0. The van der Waals surface area contributed by atoms with Gasteiger partial charge >= 0.3 is 0 Å². The van der Waals surface area contributed by atoms with Gasteiger partial charge in [-0.3, -0.25) is 0 Å². The summed E-state index contributed by atoms with van der Waals surface area (Å²) in [7, 11) is 0. The molecule has 0 rings (SSSR count). The first-order valence-corrected chi connectivity index (χ1v) is 6.87. The second-order valence-corrected chi connectivity index (χ2v) is 6.11. The molecule has 2 atom stereocenters. The van der Waals surface area contributed by atoms with E-state index in [1.807, 2.05) is 0 Å². The van der Waals surface area contributed by atoms with Gasteiger partial charge in [0, 0.05) is 0 Å². The van der Waals surface area contributed by atoms with Crippen molar-refractivity contribution in [2.75, 3.05) is 0 Å². The third-order valence-electron chi connectivity index (χ3n) is 4.75. The van der Waals surface area contributed by atoms with Crippen molar-refractivity contribution in [1.29, 1.82) is 0 Å². The minimum atomic E-state index is 0.558. The molecule has 0 N–H and O–H groups in total. The highest BCUT2D eigenvalue weighted by Gasteiger charge is 2.27. The van der Waals surface area contributed by atoms with E-state index in [4.69, 9.17) is 0 Å². The van der Waals surface area contributed by atoms with Crippen molar-refractivity contribution in [3.8, 4) is 0 Å². The first-order chi connectivity index (χ1) is 6.87. The smallest absolute Gasteiger partial charge is 0.0305 e. The van der Waals surface area contributed by atoms with Crippen molar-refractivity contribution in [3.63, 3.8) is 0 Å². The van der Waals surface area contributed by atoms with Gasteiger partial charge in [-0.15, -0.1) is 0 Å². The Kier molecular flexibility index (Phi) is 6.55. The number of rotatable bonds is 7. The molecule has 0 aromatic carbocycles. The normalized spacial score (nSPS) is 18.2. The van der Waals surface area contributed by atoms with Crippen LogP contribution in [-0.4, -0.2) is 0 Å². The highest BCUT2D eigenvalue weighted by atomic mass is 14.3. The van der Waals surface area contributed by atoms with Gasteiger partial charge in [-0.2, -0.15) is 0 Å². The van der Waals surface area contributed by atoms with Gasteiger partial charge in [0.15, 0.2) is 0 Å². The Morgan fingerprint density at radius 3 is 1.80 bits per heavy atom. The van der Waals surface area contributed by atoms with Crippen molar-refractivity contribution < 1.29 is 0 Å². The zero-order valence-electron chi connectivity index (χ0n) is 12.1. The average Bonchev–Trinajstić information content (AvgIpc) is 2.17. The second kappa shape index (κ2) is 6.55. The maximum absolute atomic E-state index is 2.46. The molecule has 0 aliphatic rings. The molecule has 0 saturated heterocycles. The molecule has 0 amide bonds. The summed E-state index contributed by atoms with van der Waals surface area (Å²) in [5.74, 6) is 2.59. The van der Waals surface area contributed by atoms with E-state index >= 15 is 0 Å². The van der Waals surface area contributed by atoms with Crippen LogP contribution in [0.4, 0.5) is 0 Å². The summed E-state index contributed by atoms with van der Waals surface area (Å²) in [6.07, 6.45) is 5.48. The van der Waals surface area contributed by atoms with E-state index in [1.165, 1.54) is 25.7 Å². The Morgan fingerprint density at radius 1 is 1.00 bits per heavy atom. The van der Waals surface area contributed by atoms with Crippen LogP contribution in [0, 0.1) is 23.2 Å². The van der Waals surface area contributed by atoms with E-state index in [2.05, 4.69) is 48.5 Å². The van der Waals surface area contributed by atoms with Gasteiger partial charge in [0.1, 0.15) is 0 Å². The van der Waals surface area contributed by atoms with Gasteiger partial charge in [0.05, 0.1) is 0 Å². The molecule has 0 aliphatic heterocycles. The van der Waals surface area contributed by atoms with E-state index in [0.29, 0.717) is 5.41 Å². The van der Waals surface area contributed by atoms with E-state index in [-0.39, 0.29) is 0 Å². The lowest BCUT2D eigenvalue weighted by molar-refractivity contribution is 0.162. The molecular formula is C15H32. The third-order valence-corrected chi connectivity index (χ3v) is 4.75. The Morgan fingerprint density at radius 2 is 1.53 bits per heavy atom. The lowest BCUT2D eigenvalue weighted by atomic mass is 9.71. The Balaban J connectivity index is 4.21. The van der Waals surface area contributed by atoms with Gasteiger partial charge in [0.2, 0.25) is 0 Å². The third kappa shape index (κ3) is 4.57. The molecule has 0 heteroatoms. The lowest BCUT2D eigenvalue weighted by Gasteiger charge is -2.34. The van der Waals surface area contributed by atoms with Crippen LogP contribution in [0.25, 0.3) is 0 Å². The van der Waals surface area contributed by atoms with Gasteiger partial charge in [0.25, 0.3) is 0 Å². The van der Waals surface area contributed by atoms with Crippen molar-refractivity contribution >= 4 is 0 Å². The van der Waals surface area contributed by atoms with Crippen LogP contribution in [0.5, 0.6) is 0 Å². The Bertz CT molecular complexity index is 157. The summed E-state index contributed by atoms with van der Waals surface area (Å²) < 4.78 is 0. The standard InChI is InChI=1S/C15H32/c1-8-14(12(3)4)10-11-15(7,9-2)13(5)6/h12-14H,8-11H2,1-7H3. The topological polar surface area (TPSA) is 0 Å². The molecule has 0 aromatic rings. The first-order valence-electron chi connectivity index (χ1n) is 6.87. The van der Waals surface area contributed by atoms with Crippen LogP contribution < -0.4 is 0 Å². The van der Waals surface area contributed by atoms with E-state index in [1.54, 1.807) is 0 Å². The Labute approximate surface area is 97.8 Å². The SMILES string of the molecule is CCC(CCC(C)(CC)C(C)C)C(C)C. The molecule has 2 unspecified atom stereocenters. The molecule has 15 heavy (non-hydrogen) atoms. The zero-order chi connectivity index (χ0) is 12.1. The molecule has 0 saturated carbocycles. The molecule has 0 aromatic heterocycles. The number of hydrogen-bond acceptors (Lipinski definition) is 0. The molecule has 92 valence electrons. The summed E-state index contributed by atoms with van der Waals surface area (Å²) in [5.41, 5.74) is 0.558. The van der Waals surface area contributed by atoms with Gasteiger partial charge in [-0.1, -0.05) is 61.3 Å². The highest BCUT2D eigenvalue weighted by Crippen LogP contribution is 2.38. The van der Waals surface area contributed by atoms with Gasteiger partial charge < -0.3 is 0 Å². The fourth-order valence-corrected chi connectivity index (χ4v) is 2.40. The molecule has 0 nitrogen and oxygen atoms in total. The molecule has 0 bridgehead atoms.